The Morgan fingerprint density at radius 2 is 1.62 bits per heavy atom. The van der Waals surface area contributed by atoms with Crippen molar-refractivity contribution in [1.29, 1.82) is 0 Å². The molecule has 1 aromatic carbocycles. The first-order valence-corrected chi connectivity index (χ1v) is 12.8. The van der Waals surface area contributed by atoms with Gasteiger partial charge in [0.2, 0.25) is 23.6 Å². The number of aromatic amines is 1. The number of nitrogens with one attached hydrogen (secondary N) is 4. The zero-order chi connectivity index (χ0) is 29.3. The first-order valence-electron chi connectivity index (χ1n) is 12.8. The van der Waals surface area contributed by atoms with Crippen molar-refractivity contribution in [2.45, 2.75) is 76.7 Å². The zero-order valence-corrected chi connectivity index (χ0v) is 22.3. The number of rotatable bonds is 15. The molecular formula is C26H38N6O7. The van der Waals surface area contributed by atoms with Gasteiger partial charge < -0.3 is 42.6 Å². The van der Waals surface area contributed by atoms with Crippen LogP contribution in [0.5, 0.6) is 0 Å². The third kappa shape index (κ3) is 8.79. The molecule has 0 saturated carbocycles. The van der Waals surface area contributed by atoms with Crippen molar-refractivity contribution in [3.63, 3.8) is 0 Å². The van der Waals surface area contributed by atoms with Gasteiger partial charge in [-0.3, -0.25) is 19.2 Å². The van der Waals surface area contributed by atoms with Gasteiger partial charge in [-0.25, -0.2) is 4.79 Å². The van der Waals surface area contributed by atoms with E-state index in [9.17, 15) is 34.2 Å². The van der Waals surface area contributed by atoms with E-state index in [4.69, 9.17) is 11.5 Å². The topological polar surface area (TPSA) is 230 Å². The second-order valence-corrected chi connectivity index (χ2v) is 9.67. The highest BCUT2D eigenvalue weighted by atomic mass is 16.4. The van der Waals surface area contributed by atoms with E-state index in [0.717, 1.165) is 16.5 Å². The number of para-hydroxylation sites is 1. The molecule has 6 unspecified atom stereocenters. The minimum atomic E-state index is -1.56. The number of aliphatic carboxylic acids is 1. The van der Waals surface area contributed by atoms with Crippen LogP contribution >= 0.6 is 0 Å². The van der Waals surface area contributed by atoms with Gasteiger partial charge in [0.25, 0.3) is 0 Å². The van der Waals surface area contributed by atoms with Crippen molar-refractivity contribution in [2.24, 2.45) is 17.4 Å². The third-order valence-corrected chi connectivity index (χ3v) is 6.65. The summed E-state index contributed by atoms with van der Waals surface area (Å²) in [4.78, 5) is 64.9. The molecule has 0 radical (unpaired) electrons. The summed E-state index contributed by atoms with van der Waals surface area (Å²) < 4.78 is 0. The van der Waals surface area contributed by atoms with Gasteiger partial charge in [-0.15, -0.1) is 0 Å². The first-order chi connectivity index (χ1) is 18.3. The summed E-state index contributed by atoms with van der Waals surface area (Å²) in [6.45, 7) is 4.94. The van der Waals surface area contributed by atoms with E-state index in [1.165, 1.54) is 6.92 Å². The van der Waals surface area contributed by atoms with Gasteiger partial charge in [0.15, 0.2) is 0 Å². The van der Waals surface area contributed by atoms with Crippen LogP contribution in [0.25, 0.3) is 10.9 Å². The molecule has 4 amide bonds. The molecule has 0 aliphatic carbocycles. The maximum Gasteiger partial charge on any atom is 0.326 e. The number of primary amides is 1. The van der Waals surface area contributed by atoms with Crippen LogP contribution in [-0.4, -0.2) is 75.1 Å². The van der Waals surface area contributed by atoms with Gasteiger partial charge in [-0.2, -0.15) is 0 Å². The molecule has 1 aromatic heterocycles. The van der Waals surface area contributed by atoms with E-state index < -0.39 is 59.9 Å². The predicted octanol–water partition coefficient (Wildman–Crippen LogP) is -0.731. The number of aliphatic hydroxyl groups is 1. The number of hydrogen-bond acceptors (Lipinski definition) is 7. The van der Waals surface area contributed by atoms with Crippen molar-refractivity contribution in [1.82, 2.24) is 20.9 Å². The fourth-order valence-corrected chi connectivity index (χ4v) is 3.97. The minimum absolute atomic E-state index is 0.0410. The number of H-pyrrole nitrogens is 1. The Morgan fingerprint density at radius 1 is 0.974 bits per heavy atom. The van der Waals surface area contributed by atoms with Gasteiger partial charge in [0, 0.05) is 29.9 Å². The van der Waals surface area contributed by atoms with Gasteiger partial charge in [0.05, 0.1) is 12.1 Å². The molecule has 0 fully saturated rings. The Morgan fingerprint density at radius 3 is 2.21 bits per heavy atom. The zero-order valence-electron chi connectivity index (χ0n) is 22.3. The monoisotopic (exact) mass is 546 g/mol. The smallest absolute Gasteiger partial charge is 0.326 e. The van der Waals surface area contributed by atoms with Crippen LogP contribution in [0.3, 0.4) is 0 Å². The maximum atomic E-state index is 13.4. The fraction of sp³-hybridized carbons (Fsp3) is 0.500. The minimum Gasteiger partial charge on any atom is -0.480 e. The summed E-state index contributed by atoms with van der Waals surface area (Å²) in [5, 5.41) is 27.8. The average molecular weight is 547 g/mol. The van der Waals surface area contributed by atoms with E-state index in [0.29, 0.717) is 6.42 Å². The Labute approximate surface area is 226 Å². The number of aromatic nitrogens is 1. The molecule has 0 bridgehead atoms. The molecule has 1 heterocycles. The summed E-state index contributed by atoms with van der Waals surface area (Å²) in [6, 6.07) is 2.30. The summed E-state index contributed by atoms with van der Waals surface area (Å²) in [5.74, 6) is -4.64. The van der Waals surface area contributed by atoms with Crippen LogP contribution < -0.4 is 27.4 Å². The predicted molar refractivity (Wildman–Crippen MR) is 143 cm³/mol. The lowest BCUT2D eigenvalue weighted by atomic mass is 9.98. The van der Waals surface area contributed by atoms with Crippen molar-refractivity contribution < 1.29 is 34.2 Å². The molecule has 2 aromatic rings. The quantitative estimate of drug-likeness (QED) is 0.142. The third-order valence-electron chi connectivity index (χ3n) is 6.65. The molecule has 0 saturated heterocycles. The van der Waals surface area contributed by atoms with Crippen LogP contribution in [0.2, 0.25) is 0 Å². The number of fused-ring (bicyclic) bond motifs is 1. The fourth-order valence-electron chi connectivity index (χ4n) is 3.97. The molecule has 10 N–H and O–H groups in total. The molecule has 0 aliphatic rings. The van der Waals surface area contributed by atoms with E-state index in [-0.39, 0.29) is 25.2 Å². The second kappa shape index (κ2) is 14.3. The van der Waals surface area contributed by atoms with E-state index in [2.05, 4.69) is 20.9 Å². The summed E-state index contributed by atoms with van der Waals surface area (Å²) in [5.41, 5.74) is 12.7. The number of carboxylic acid groups (broad SMARTS) is 1. The number of amides is 4. The summed E-state index contributed by atoms with van der Waals surface area (Å²) in [7, 11) is 0. The van der Waals surface area contributed by atoms with Crippen molar-refractivity contribution in [3.8, 4) is 0 Å². The number of hydrogen-bond donors (Lipinski definition) is 8. The largest absolute Gasteiger partial charge is 0.480 e. The molecule has 0 spiro atoms. The lowest BCUT2D eigenvalue weighted by Crippen LogP contribution is -2.60. The normalized spacial score (nSPS) is 15.8. The number of nitrogens with two attached hydrogens (primary N) is 2. The number of benzene rings is 1. The van der Waals surface area contributed by atoms with Crippen LogP contribution in [0.15, 0.2) is 30.5 Å². The van der Waals surface area contributed by atoms with Crippen molar-refractivity contribution >= 4 is 40.5 Å². The molecule has 39 heavy (non-hydrogen) atoms. The lowest BCUT2D eigenvalue weighted by molar-refractivity contribution is -0.143. The molecule has 2 rings (SSSR count). The van der Waals surface area contributed by atoms with Gasteiger partial charge in [-0.05, 0) is 30.9 Å². The first kappa shape index (κ1) is 31.2. The van der Waals surface area contributed by atoms with Gasteiger partial charge in [0.1, 0.15) is 18.1 Å². The number of aliphatic hydroxyl groups excluding tert-OH is 1. The standard InChI is InChI=1S/C26H38N6O7/c1-4-13(2)21(28)24(36)31-19(11-15-12-29-17-8-6-5-7-16(15)17)23(35)32-22(14(3)33)25(37)30-18(26(38)39)9-10-20(27)34/h5-8,12-14,18-19,21-22,29,33H,4,9-11,28H2,1-3H3,(H2,27,34)(H,30,37)(H,31,36)(H,32,35)(H,38,39). The Balaban J connectivity index is 2.28. The number of carboxylic acids is 1. The van der Waals surface area contributed by atoms with E-state index in [1.54, 1.807) is 6.20 Å². The number of carbonyl (C=O) groups excluding carboxylic acids is 4. The maximum absolute atomic E-state index is 13.4. The van der Waals surface area contributed by atoms with Crippen LogP contribution in [-0.2, 0) is 30.4 Å². The highest BCUT2D eigenvalue weighted by Gasteiger charge is 2.33. The van der Waals surface area contributed by atoms with Crippen LogP contribution in [0, 0.1) is 5.92 Å². The summed E-state index contributed by atoms with van der Waals surface area (Å²) in [6.07, 6.45) is 0.395. The lowest BCUT2D eigenvalue weighted by Gasteiger charge is -2.27. The van der Waals surface area contributed by atoms with Crippen LogP contribution in [0.1, 0.15) is 45.6 Å². The Bertz CT molecular complexity index is 1180. The second-order valence-electron chi connectivity index (χ2n) is 9.67. The molecule has 6 atom stereocenters. The van der Waals surface area contributed by atoms with Gasteiger partial charge >= 0.3 is 5.97 Å². The highest BCUT2D eigenvalue weighted by molar-refractivity contribution is 5.95. The number of carbonyl (C=O) groups is 5. The SMILES string of the molecule is CCC(C)C(N)C(=O)NC(Cc1c[nH]c2ccccc12)C(=O)NC(C(=O)NC(CCC(N)=O)C(=O)O)C(C)O. The average Bonchev–Trinajstić information content (AvgIpc) is 3.30. The van der Waals surface area contributed by atoms with E-state index >= 15 is 0 Å². The Kier molecular flexibility index (Phi) is 11.4. The molecule has 214 valence electrons. The van der Waals surface area contributed by atoms with Crippen molar-refractivity contribution in [3.05, 3.63) is 36.0 Å². The highest BCUT2D eigenvalue weighted by Crippen LogP contribution is 2.19. The van der Waals surface area contributed by atoms with Gasteiger partial charge in [-0.1, -0.05) is 38.5 Å². The summed E-state index contributed by atoms with van der Waals surface area (Å²) >= 11 is 0. The molecule has 0 aliphatic heterocycles. The van der Waals surface area contributed by atoms with Crippen molar-refractivity contribution in [2.75, 3.05) is 0 Å². The molecule has 13 nitrogen and oxygen atoms in total. The molecular weight excluding hydrogens is 508 g/mol. The van der Waals surface area contributed by atoms with E-state index in [1.807, 2.05) is 38.1 Å². The van der Waals surface area contributed by atoms with Crippen LogP contribution in [0.4, 0.5) is 0 Å². The molecule has 13 heteroatoms. The Hall–Kier alpha value is -3.97.